The smallest absolute Gasteiger partial charge is 0.327 e. The van der Waals surface area contributed by atoms with Gasteiger partial charge in [-0.05, 0) is 0 Å². The summed E-state index contributed by atoms with van der Waals surface area (Å²) in [6.45, 7) is 0.280. The largest absolute Gasteiger partial charge is 0.468 e. The van der Waals surface area contributed by atoms with Gasteiger partial charge in [-0.1, -0.05) is 0 Å². The van der Waals surface area contributed by atoms with Gasteiger partial charge in [0.15, 0.2) is 0 Å². The Morgan fingerprint density at radius 3 is 2.94 bits per heavy atom. The van der Waals surface area contributed by atoms with Gasteiger partial charge in [-0.25, -0.2) is 13.2 Å². The fourth-order valence-electron chi connectivity index (χ4n) is 1.70. The first kappa shape index (κ1) is 11.1. The van der Waals surface area contributed by atoms with E-state index in [1.165, 1.54) is 13.3 Å². The number of nitrogens with one attached hydrogen (secondary N) is 1. The lowest BCUT2D eigenvalue weighted by atomic mass is 10.2. The van der Waals surface area contributed by atoms with E-state index in [0.29, 0.717) is 11.3 Å². The number of fused-ring (bicyclic) bond motifs is 1. The Labute approximate surface area is 92.4 Å². The van der Waals surface area contributed by atoms with E-state index in [-0.39, 0.29) is 6.54 Å². The van der Waals surface area contributed by atoms with Crippen molar-refractivity contribution in [3.63, 3.8) is 0 Å². The first-order valence-electron chi connectivity index (χ1n) is 4.53. The van der Waals surface area contributed by atoms with Crippen LogP contribution in [0.4, 0.5) is 0 Å². The number of carbonyl (C=O) groups excluding carboxylic acids is 1. The Balaban J connectivity index is 2.45. The van der Waals surface area contributed by atoms with Crippen molar-refractivity contribution in [1.29, 1.82) is 0 Å². The van der Waals surface area contributed by atoms with Crippen LogP contribution in [0.25, 0.3) is 0 Å². The maximum atomic E-state index is 11.4. The first-order chi connectivity index (χ1) is 7.45. The molecule has 0 unspecified atom stereocenters. The lowest BCUT2D eigenvalue weighted by molar-refractivity contribution is -0.143. The highest BCUT2D eigenvalue weighted by molar-refractivity contribution is 7.89. The summed E-state index contributed by atoms with van der Waals surface area (Å²) in [7, 11) is -2.15. The molecule has 0 amide bonds. The average Bonchev–Trinajstić information content (AvgIpc) is 2.73. The number of carbonyl (C=O) groups is 1. The van der Waals surface area contributed by atoms with Crippen LogP contribution in [0.5, 0.6) is 0 Å². The monoisotopic (exact) mass is 245 g/mol. The minimum Gasteiger partial charge on any atom is -0.468 e. The molecule has 0 saturated heterocycles. The summed E-state index contributed by atoms with van der Waals surface area (Å²) in [5.41, 5.74) is 1.04. The number of aromatic nitrogens is 2. The quantitative estimate of drug-likeness (QED) is 0.673. The molecule has 1 aromatic rings. The molecule has 16 heavy (non-hydrogen) atoms. The van der Waals surface area contributed by atoms with Gasteiger partial charge in [-0.15, -0.1) is 0 Å². The molecule has 0 radical (unpaired) electrons. The van der Waals surface area contributed by atoms with Gasteiger partial charge in [0.25, 0.3) is 10.0 Å². The van der Waals surface area contributed by atoms with E-state index in [1.54, 1.807) is 0 Å². The topological polar surface area (TPSA) is 90.3 Å². The lowest BCUT2D eigenvalue weighted by Gasteiger charge is -2.06. The normalized spacial score (nSPS) is 19.5. The second-order valence-corrected chi connectivity index (χ2v) is 5.30. The van der Waals surface area contributed by atoms with E-state index in [9.17, 15) is 13.2 Å². The summed E-state index contributed by atoms with van der Waals surface area (Å²) in [5.74, 6) is -0.452. The number of ether oxygens (including phenoxy) is 1. The molecule has 0 saturated carbocycles. The molecule has 7 nitrogen and oxygen atoms in total. The van der Waals surface area contributed by atoms with Crippen molar-refractivity contribution >= 4 is 16.0 Å². The highest BCUT2D eigenvalue weighted by Crippen LogP contribution is 2.26. The van der Waals surface area contributed by atoms with E-state index in [1.807, 2.05) is 0 Å². The number of hydrogen-bond donors (Lipinski definition) is 1. The minimum absolute atomic E-state index is 0.280. The zero-order valence-corrected chi connectivity index (χ0v) is 9.61. The fourth-order valence-corrected chi connectivity index (χ4v) is 2.49. The van der Waals surface area contributed by atoms with Crippen molar-refractivity contribution in [2.45, 2.75) is 12.6 Å². The van der Waals surface area contributed by atoms with Crippen molar-refractivity contribution in [3.8, 4) is 0 Å². The Hall–Kier alpha value is -1.41. The summed E-state index contributed by atoms with van der Waals surface area (Å²) in [6, 6.07) is -0.629. The van der Waals surface area contributed by atoms with Crippen LogP contribution in [-0.2, 0) is 26.1 Å². The van der Waals surface area contributed by atoms with Crippen LogP contribution < -0.4 is 5.32 Å². The predicted octanol–water partition coefficient (Wildman–Crippen LogP) is -0.992. The maximum absolute atomic E-state index is 11.4. The third kappa shape index (κ3) is 1.59. The van der Waals surface area contributed by atoms with Gasteiger partial charge in [0.05, 0.1) is 25.3 Å². The molecular weight excluding hydrogens is 234 g/mol. The molecule has 1 atom stereocenters. The van der Waals surface area contributed by atoms with E-state index < -0.39 is 22.0 Å². The van der Waals surface area contributed by atoms with Crippen molar-refractivity contribution in [2.75, 3.05) is 13.4 Å². The van der Waals surface area contributed by atoms with Crippen LogP contribution in [0.3, 0.4) is 0 Å². The average molecular weight is 245 g/mol. The minimum atomic E-state index is -3.43. The van der Waals surface area contributed by atoms with E-state index in [0.717, 1.165) is 10.3 Å². The molecule has 0 spiro atoms. The molecule has 0 aromatic carbocycles. The molecule has 1 aliphatic rings. The summed E-state index contributed by atoms with van der Waals surface area (Å²) in [4.78, 5) is 11.4. The second-order valence-electron chi connectivity index (χ2n) is 3.49. The Morgan fingerprint density at radius 2 is 2.38 bits per heavy atom. The Bertz CT molecular complexity index is 533. The number of methoxy groups -OCH3 is 1. The summed E-state index contributed by atoms with van der Waals surface area (Å²) in [5, 5.41) is 6.62. The molecule has 88 valence electrons. The molecular formula is C8H11N3O4S. The number of nitrogens with zero attached hydrogens (tertiary/aromatic N) is 2. The van der Waals surface area contributed by atoms with Gasteiger partial charge in [-0.3, -0.25) is 5.32 Å². The first-order valence-corrected chi connectivity index (χ1v) is 6.38. The molecule has 8 heteroatoms. The van der Waals surface area contributed by atoms with Crippen molar-refractivity contribution in [3.05, 3.63) is 17.5 Å². The zero-order chi connectivity index (χ0) is 11.9. The van der Waals surface area contributed by atoms with Gasteiger partial charge in [-0.2, -0.15) is 9.19 Å². The molecule has 0 fully saturated rings. The molecule has 1 N–H and O–H groups in total. The third-order valence-electron chi connectivity index (χ3n) is 2.40. The maximum Gasteiger partial charge on any atom is 0.327 e. The number of esters is 1. The van der Waals surface area contributed by atoms with Gasteiger partial charge >= 0.3 is 5.97 Å². The van der Waals surface area contributed by atoms with E-state index in [4.69, 9.17) is 0 Å². The SMILES string of the molecule is COC(=O)[C@@H]1NCc2c1cnn2S(C)(=O)=O. The summed E-state index contributed by atoms with van der Waals surface area (Å²) >= 11 is 0. The zero-order valence-electron chi connectivity index (χ0n) is 8.80. The Morgan fingerprint density at radius 1 is 1.69 bits per heavy atom. The van der Waals surface area contributed by atoms with Crippen molar-refractivity contribution in [2.24, 2.45) is 0 Å². The van der Waals surface area contributed by atoms with Gasteiger partial charge in [0.1, 0.15) is 6.04 Å². The van der Waals surface area contributed by atoms with Gasteiger partial charge in [0, 0.05) is 12.1 Å². The molecule has 1 aromatic heterocycles. The summed E-state index contributed by atoms with van der Waals surface area (Å²) < 4.78 is 28.2. The Kier molecular flexibility index (Phi) is 2.47. The van der Waals surface area contributed by atoms with Crippen LogP contribution in [0, 0.1) is 0 Å². The highest BCUT2D eigenvalue weighted by atomic mass is 32.2. The van der Waals surface area contributed by atoms with Gasteiger partial charge < -0.3 is 4.74 Å². The van der Waals surface area contributed by atoms with Crippen LogP contribution in [0.15, 0.2) is 6.20 Å². The molecule has 1 aliphatic heterocycles. The van der Waals surface area contributed by atoms with E-state index in [2.05, 4.69) is 15.2 Å². The number of rotatable bonds is 2. The van der Waals surface area contributed by atoms with Crippen molar-refractivity contribution in [1.82, 2.24) is 14.5 Å². The molecule has 2 rings (SSSR count). The second kappa shape index (κ2) is 3.56. The third-order valence-corrected chi connectivity index (χ3v) is 3.34. The van der Waals surface area contributed by atoms with Crippen LogP contribution in [-0.4, -0.2) is 36.9 Å². The fraction of sp³-hybridized carbons (Fsp3) is 0.500. The van der Waals surface area contributed by atoms with Crippen LogP contribution >= 0.6 is 0 Å². The molecule has 0 bridgehead atoms. The molecule has 2 heterocycles. The van der Waals surface area contributed by atoms with Crippen LogP contribution in [0.2, 0.25) is 0 Å². The van der Waals surface area contributed by atoms with Crippen LogP contribution in [0.1, 0.15) is 17.3 Å². The highest BCUT2D eigenvalue weighted by Gasteiger charge is 2.33. The van der Waals surface area contributed by atoms with Crippen molar-refractivity contribution < 1.29 is 17.9 Å². The van der Waals surface area contributed by atoms with E-state index >= 15 is 0 Å². The predicted molar refractivity (Wildman–Crippen MR) is 54.1 cm³/mol. The lowest BCUT2D eigenvalue weighted by Crippen LogP contribution is -2.23. The standard InChI is InChI=1S/C8H11N3O4S/c1-15-8(12)7-5-3-10-11(16(2,13)14)6(5)4-9-7/h3,7,9H,4H2,1-2H3/t7-/m1/s1. The summed E-state index contributed by atoms with van der Waals surface area (Å²) in [6.07, 6.45) is 2.43. The molecule has 0 aliphatic carbocycles. The van der Waals surface area contributed by atoms with Gasteiger partial charge in [0.2, 0.25) is 0 Å². The number of hydrogen-bond acceptors (Lipinski definition) is 6.